The molecule has 0 saturated heterocycles. The molecule has 7 heteroatoms. The second kappa shape index (κ2) is 4.89. The van der Waals surface area contributed by atoms with Gasteiger partial charge in [-0.25, -0.2) is 15.0 Å². The average Bonchev–Trinajstić information content (AvgIpc) is 2.69. The standard InChI is InChI=1S/C9H11ClN6/c1-6-14-7(10)4-9(15-6)11-3-2-8-12-5-13-16-8/h4-5H,2-3H2,1H3,(H,11,14,15)(H,12,13,16). The molecule has 0 saturated carbocycles. The Kier molecular flexibility index (Phi) is 3.31. The van der Waals surface area contributed by atoms with E-state index in [1.165, 1.54) is 6.33 Å². The molecule has 0 radical (unpaired) electrons. The first-order valence-corrected chi connectivity index (χ1v) is 5.21. The van der Waals surface area contributed by atoms with E-state index in [1.54, 1.807) is 13.0 Å². The number of nitrogens with one attached hydrogen (secondary N) is 2. The van der Waals surface area contributed by atoms with Crippen molar-refractivity contribution in [2.45, 2.75) is 13.3 Å². The van der Waals surface area contributed by atoms with Gasteiger partial charge in [-0.05, 0) is 6.92 Å². The molecule has 0 bridgehead atoms. The molecule has 0 unspecified atom stereocenters. The van der Waals surface area contributed by atoms with Gasteiger partial charge in [-0.15, -0.1) is 0 Å². The number of H-pyrrole nitrogens is 1. The highest BCUT2D eigenvalue weighted by atomic mass is 35.5. The number of aromatic nitrogens is 5. The Morgan fingerprint density at radius 3 is 3.00 bits per heavy atom. The van der Waals surface area contributed by atoms with E-state index in [9.17, 15) is 0 Å². The zero-order valence-corrected chi connectivity index (χ0v) is 9.49. The fraction of sp³-hybridized carbons (Fsp3) is 0.333. The summed E-state index contributed by atoms with van der Waals surface area (Å²) in [6, 6.07) is 1.69. The van der Waals surface area contributed by atoms with Crippen molar-refractivity contribution in [1.29, 1.82) is 0 Å². The van der Waals surface area contributed by atoms with Crippen LogP contribution in [0.5, 0.6) is 0 Å². The van der Waals surface area contributed by atoms with Crippen LogP contribution >= 0.6 is 11.6 Å². The highest BCUT2D eigenvalue weighted by molar-refractivity contribution is 6.29. The molecule has 0 aliphatic rings. The second-order valence-electron chi connectivity index (χ2n) is 3.23. The van der Waals surface area contributed by atoms with Crippen LogP contribution in [0.4, 0.5) is 5.82 Å². The lowest BCUT2D eigenvalue weighted by molar-refractivity contribution is 0.893. The molecule has 0 atom stereocenters. The Balaban J connectivity index is 1.89. The normalized spacial score (nSPS) is 10.4. The Morgan fingerprint density at radius 1 is 1.44 bits per heavy atom. The summed E-state index contributed by atoms with van der Waals surface area (Å²) in [4.78, 5) is 12.2. The molecule has 0 fully saturated rings. The van der Waals surface area contributed by atoms with Gasteiger partial charge in [0.05, 0.1) is 0 Å². The number of halogens is 1. The Morgan fingerprint density at radius 2 is 2.31 bits per heavy atom. The summed E-state index contributed by atoms with van der Waals surface area (Å²) < 4.78 is 0. The van der Waals surface area contributed by atoms with Gasteiger partial charge in [0.15, 0.2) is 0 Å². The van der Waals surface area contributed by atoms with Gasteiger partial charge in [0.2, 0.25) is 0 Å². The van der Waals surface area contributed by atoms with Gasteiger partial charge in [-0.3, -0.25) is 5.10 Å². The van der Waals surface area contributed by atoms with Crippen LogP contribution in [0.3, 0.4) is 0 Å². The molecule has 0 aromatic carbocycles. The number of hydrogen-bond donors (Lipinski definition) is 2. The van der Waals surface area contributed by atoms with Crippen LogP contribution in [0.1, 0.15) is 11.6 Å². The molecule has 2 rings (SSSR count). The van der Waals surface area contributed by atoms with Crippen LogP contribution in [0.2, 0.25) is 5.15 Å². The lowest BCUT2D eigenvalue weighted by atomic mass is 10.4. The SMILES string of the molecule is Cc1nc(Cl)cc(NCCc2ncn[nH]2)n1. The predicted octanol–water partition coefficient (Wildman–Crippen LogP) is 1.21. The van der Waals surface area contributed by atoms with Gasteiger partial charge >= 0.3 is 0 Å². The van der Waals surface area contributed by atoms with Crippen molar-refractivity contribution in [2.24, 2.45) is 0 Å². The van der Waals surface area contributed by atoms with Gasteiger partial charge in [-0.1, -0.05) is 11.6 Å². The summed E-state index contributed by atoms with van der Waals surface area (Å²) in [6.45, 7) is 2.51. The maximum Gasteiger partial charge on any atom is 0.137 e. The van der Waals surface area contributed by atoms with E-state index in [4.69, 9.17) is 11.6 Å². The van der Waals surface area contributed by atoms with Crippen LogP contribution in [-0.4, -0.2) is 31.7 Å². The van der Waals surface area contributed by atoms with Crippen LogP contribution in [0.25, 0.3) is 0 Å². The molecule has 2 heterocycles. The lowest BCUT2D eigenvalue weighted by Gasteiger charge is -2.04. The van der Waals surface area contributed by atoms with Gasteiger partial charge in [0.25, 0.3) is 0 Å². The van der Waals surface area contributed by atoms with E-state index in [-0.39, 0.29) is 0 Å². The minimum atomic E-state index is 0.440. The third-order valence-corrected chi connectivity index (χ3v) is 2.13. The van der Waals surface area contributed by atoms with Crippen LogP contribution in [-0.2, 0) is 6.42 Å². The van der Waals surface area contributed by atoms with E-state index >= 15 is 0 Å². The summed E-state index contributed by atoms with van der Waals surface area (Å²) in [5, 5.41) is 10.1. The van der Waals surface area contributed by atoms with E-state index in [1.807, 2.05) is 0 Å². The van der Waals surface area contributed by atoms with Gasteiger partial charge in [-0.2, -0.15) is 5.10 Å². The molecule has 0 amide bonds. The Bertz CT molecular complexity index is 435. The minimum Gasteiger partial charge on any atom is -0.369 e. The topological polar surface area (TPSA) is 79.4 Å². The highest BCUT2D eigenvalue weighted by Crippen LogP contribution is 2.10. The number of anilines is 1. The molecule has 0 spiro atoms. The van der Waals surface area contributed by atoms with Crippen molar-refractivity contribution in [3.8, 4) is 0 Å². The summed E-state index contributed by atoms with van der Waals surface area (Å²) in [6.07, 6.45) is 2.24. The molecular weight excluding hydrogens is 228 g/mol. The molecule has 2 aromatic rings. The maximum absolute atomic E-state index is 5.81. The highest BCUT2D eigenvalue weighted by Gasteiger charge is 2.00. The van der Waals surface area contributed by atoms with Crippen molar-refractivity contribution in [3.05, 3.63) is 29.2 Å². The average molecular weight is 239 g/mol. The lowest BCUT2D eigenvalue weighted by Crippen LogP contribution is -2.08. The molecule has 0 aliphatic carbocycles. The van der Waals surface area contributed by atoms with E-state index in [0.29, 0.717) is 17.5 Å². The monoisotopic (exact) mass is 238 g/mol. The van der Waals surface area contributed by atoms with Crippen molar-refractivity contribution < 1.29 is 0 Å². The molecule has 84 valence electrons. The van der Waals surface area contributed by atoms with Crippen molar-refractivity contribution in [3.63, 3.8) is 0 Å². The van der Waals surface area contributed by atoms with Crippen LogP contribution in [0, 0.1) is 6.92 Å². The quantitative estimate of drug-likeness (QED) is 0.783. The number of aromatic amines is 1. The number of rotatable bonds is 4. The van der Waals surface area contributed by atoms with E-state index < -0.39 is 0 Å². The fourth-order valence-corrected chi connectivity index (χ4v) is 1.51. The summed E-state index contributed by atoms with van der Waals surface area (Å²) in [7, 11) is 0. The molecule has 0 aliphatic heterocycles. The first kappa shape index (κ1) is 10.8. The smallest absolute Gasteiger partial charge is 0.137 e. The van der Waals surface area contributed by atoms with Crippen LogP contribution in [0.15, 0.2) is 12.4 Å². The minimum absolute atomic E-state index is 0.440. The van der Waals surface area contributed by atoms with Crippen molar-refractivity contribution in [1.82, 2.24) is 25.1 Å². The van der Waals surface area contributed by atoms with Crippen molar-refractivity contribution >= 4 is 17.4 Å². The third kappa shape index (κ3) is 2.90. The molecule has 16 heavy (non-hydrogen) atoms. The first-order chi connectivity index (χ1) is 7.74. The summed E-state index contributed by atoms with van der Waals surface area (Å²) >= 11 is 5.81. The summed E-state index contributed by atoms with van der Waals surface area (Å²) in [5.41, 5.74) is 0. The fourth-order valence-electron chi connectivity index (χ4n) is 1.28. The van der Waals surface area contributed by atoms with E-state index in [2.05, 4.69) is 30.5 Å². The van der Waals surface area contributed by atoms with Gasteiger partial charge in [0.1, 0.15) is 28.9 Å². The number of aryl methyl sites for hydroxylation is 1. The molecular formula is C9H11ClN6. The zero-order valence-electron chi connectivity index (χ0n) is 8.74. The second-order valence-corrected chi connectivity index (χ2v) is 3.62. The summed E-state index contributed by atoms with van der Waals surface area (Å²) in [5.74, 6) is 2.20. The van der Waals surface area contributed by atoms with Gasteiger partial charge in [0, 0.05) is 19.0 Å². The number of nitrogens with zero attached hydrogens (tertiary/aromatic N) is 4. The molecule has 2 aromatic heterocycles. The Labute approximate surface area is 97.5 Å². The van der Waals surface area contributed by atoms with Gasteiger partial charge < -0.3 is 5.32 Å². The largest absolute Gasteiger partial charge is 0.369 e. The van der Waals surface area contributed by atoms with Crippen molar-refractivity contribution in [2.75, 3.05) is 11.9 Å². The van der Waals surface area contributed by atoms with Crippen LogP contribution < -0.4 is 5.32 Å². The third-order valence-electron chi connectivity index (χ3n) is 1.94. The Hall–Kier alpha value is -1.69. The maximum atomic E-state index is 5.81. The number of hydrogen-bond acceptors (Lipinski definition) is 5. The molecule has 2 N–H and O–H groups in total. The van der Waals surface area contributed by atoms with E-state index in [0.717, 1.165) is 18.1 Å². The first-order valence-electron chi connectivity index (χ1n) is 4.83. The predicted molar refractivity (Wildman–Crippen MR) is 60.4 cm³/mol. The zero-order chi connectivity index (χ0) is 11.4. The molecule has 6 nitrogen and oxygen atoms in total.